The molecular weight excluding hydrogens is 264 g/mol. The van der Waals surface area contributed by atoms with Gasteiger partial charge in [0.15, 0.2) is 11.5 Å². The summed E-state index contributed by atoms with van der Waals surface area (Å²) in [6.45, 7) is 0.556. The molecule has 0 saturated carbocycles. The molecule has 19 heavy (non-hydrogen) atoms. The molecule has 3 heterocycles. The van der Waals surface area contributed by atoms with Crippen LogP contribution in [0.25, 0.3) is 11.2 Å². The molecular formula is C12H13ClN6. The smallest absolute Gasteiger partial charge is 0.170 e. The lowest BCUT2D eigenvalue weighted by atomic mass is 10.4. The lowest BCUT2D eigenvalue weighted by molar-refractivity contribution is 0.685. The van der Waals surface area contributed by atoms with Crippen molar-refractivity contribution in [2.75, 3.05) is 5.88 Å². The van der Waals surface area contributed by atoms with E-state index < -0.39 is 0 Å². The van der Waals surface area contributed by atoms with Gasteiger partial charge in [-0.25, -0.2) is 15.0 Å². The maximum absolute atomic E-state index is 5.83. The molecule has 0 saturated heterocycles. The van der Waals surface area contributed by atoms with Crippen molar-refractivity contribution < 1.29 is 0 Å². The minimum atomic E-state index is 0.527. The number of hydrogen-bond donors (Lipinski definition) is 0. The van der Waals surface area contributed by atoms with Crippen LogP contribution in [0.15, 0.2) is 24.7 Å². The van der Waals surface area contributed by atoms with Crippen LogP contribution < -0.4 is 0 Å². The average Bonchev–Trinajstić information content (AvgIpc) is 2.96. The monoisotopic (exact) mass is 276 g/mol. The Morgan fingerprint density at radius 3 is 2.95 bits per heavy atom. The van der Waals surface area contributed by atoms with Gasteiger partial charge in [0.2, 0.25) is 0 Å². The van der Waals surface area contributed by atoms with Gasteiger partial charge in [-0.15, -0.1) is 11.6 Å². The molecule has 0 N–H and O–H groups in total. The zero-order valence-corrected chi connectivity index (χ0v) is 11.2. The minimum Gasteiger partial charge on any atom is -0.305 e. The summed E-state index contributed by atoms with van der Waals surface area (Å²) in [6.07, 6.45) is 4.14. The Bertz CT molecular complexity index is 701. The maximum Gasteiger partial charge on any atom is 0.170 e. The van der Waals surface area contributed by atoms with Crippen LogP contribution in [0.5, 0.6) is 0 Å². The molecule has 0 bridgehead atoms. The average molecular weight is 277 g/mol. The van der Waals surface area contributed by atoms with Gasteiger partial charge in [-0.05, 0) is 12.1 Å². The first-order chi connectivity index (χ1) is 9.28. The minimum absolute atomic E-state index is 0.527. The fourth-order valence-electron chi connectivity index (χ4n) is 2.04. The van der Waals surface area contributed by atoms with Crippen molar-refractivity contribution in [1.82, 2.24) is 29.3 Å². The van der Waals surface area contributed by atoms with Gasteiger partial charge in [0.05, 0.1) is 6.54 Å². The molecule has 0 atom stereocenters. The summed E-state index contributed by atoms with van der Waals surface area (Å²) in [5, 5.41) is 4.29. The lowest BCUT2D eigenvalue weighted by Gasteiger charge is -2.04. The fraction of sp³-hybridized carbons (Fsp3) is 0.333. The number of fused-ring (bicyclic) bond motifs is 1. The Morgan fingerprint density at radius 2 is 2.21 bits per heavy atom. The summed E-state index contributed by atoms with van der Waals surface area (Å²) in [6, 6.07) is 3.82. The van der Waals surface area contributed by atoms with Crippen LogP contribution in [-0.4, -0.2) is 35.2 Å². The van der Waals surface area contributed by atoms with Crippen LogP contribution in [0.2, 0.25) is 0 Å². The molecule has 0 unspecified atom stereocenters. The van der Waals surface area contributed by atoms with Crippen LogP contribution in [0.3, 0.4) is 0 Å². The quantitative estimate of drug-likeness (QED) is 0.676. The van der Waals surface area contributed by atoms with Crippen molar-refractivity contribution >= 4 is 22.8 Å². The maximum atomic E-state index is 5.83. The van der Waals surface area contributed by atoms with E-state index in [9.17, 15) is 0 Å². The highest BCUT2D eigenvalue weighted by Crippen LogP contribution is 2.15. The van der Waals surface area contributed by atoms with E-state index in [2.05, 4.69) is 20.1 Å². The van der Waals surface area contributed by atoms with Crippen LogP contribution in [0, 0.1) is 0 Å². The molecule has 0 spiro atoms. The van der Waals surface area contributed by atoms with Gasteiger partial charge in [-0.2, -0.15) is 5.10 Å². The molecule has 0 amide bonds. The van der Waals surface area contributed by atoms with Crippen LogP contribution >= 0.6 is 11.6 Å². The molecule has 3 aromatic rings. The van der Waals surface area contributed by atoms with Crippen molar-refractivity contribution in [2.45, 2.75) is 13.0 Å². The number of nitrogens with zero attached hydrogens (tertiary/aromatic N) is 6. The Hall–Kier alpha value is -1.95. The number of alkyl halides is 1. The highest BCUT2D eigenvalue weighted by Gasteiger charge is 2.13. The van der Waals surface area contributed by atoms with E-state index in [4.69, 9.17) is 11.6 Å². The third kappa shape index (κ3) is 2.31. The largest absolute Gasteiger partial charge is 0.305 e. The van der Waals surface area contributed by atoms with E-state index in [1.165, 1.54) is 0 Å². The summed E-state index contributed by atoms with van der Waals surface area (Å²) >= 11 is 5.83. The SMILES string of the molecule is Cn1cnc(Cn2c(CCCl)nc3cccnc32)n1. The molecule has 7 heteroatoms. The molecule has 0 fully saturated rings. The first-order valence-corrected chi connectivity index (χ1v) is 6.52. The van der Waals surface area contributed by atoms with Gasteiger partial charge in [0.25, 0.3) is 0 Å². The third-order valence-electron chi connectivity index (χ3n) is 2.85. The molecule has 6 nitrogen and oxygen atoms in total. The molecule has 98 valence electrons. The molecule has 0 radical (unpaired) electrons. The number of halogens is 1. The molecule has 0 aromatic carbocycles. The second-order valence-electron chi connectivity index (χ2n) is 4.23. The van der Waals surface area contributed by atoms with Gasteiger partial charge < -0.3 is 4.57 Å². The standard InChI is InChI=1S/C12H13ClN6/c1-18-8-15-10(17-18)7-19-11(4-5-13)16-9-3-2-6-14-12(9)19/h2-3,6,8H,4-5,7H2,1H3. The number of aromatic nitrogens is 6. The molecule has 0 aliphatic rings. The highest BCUT2D eigenvalue weighted by atomic mass is 35.5. The Labute approximate surface area is 115 Å². The van der Waals surface area contributed by atoms with Gasteiger partial charge >= 0.3 is 0 Å². The van der Waals surface area contributed by atoms with Gasteiger partial charge in [-0.3, -0.25) is 4.68 Å². The summed E-state index contributed by atoms with van der Waals surface area (Å²) in [5.74, 6) is 2.18. The normalized spacial score (nSPS) is 11.3. The zero-order valence-electron chi connectivity index (χ0n) is 10.5. The molecule has 0 aliphatic carbocycles. The number of imidazole rings is 1. The highest BCUT2D eigenvalue weighted by molar-refractivity contribution is 6.17. The topological polar surface area (TPSA) is 61.4 Å². The predicted molar refractivity (Wildman–Crippen MR) is 72.1 cm³/mol. The Balaban J connectivity index is 2.06. The van der Waals surface area contributed by atoms with Gasteiger partial charge in [0, 0.05) is 25.5 Å². The number of aryl methyl sites for hydroxylation is 2. The summed E-state index contributed by atoms with van der Waals surface area (Å²) in [4.78, 5) is 13.2. The number of rotatable bonds is 4. The van der Waals surface area contributed by atoms with Crippen LogP contribution in [0.1, 0.15) is 11.6 Å². The van der Waals surface area contributed by atoms with Crippen LogP contribution in [0.4, 0.5) is 0 Å². The van der Waals surface area contributed by atoms with E-state index in [-0.39, 0.29) is 0 Å². The lowest BCUT2D eigenvalue weighted by Crippen LogP contribution is -2.08. The van der Waals surface area contributed by atoms with E-state index >= 15 is 0 Å². The molecule has 3 aromatic heterocycles. The van der Waals surface area contributed by atoms with E-state index in [1.54, 1.807) is 17.2 Å². The van der Waals surface area contributed by atoms with Crippen molar-refractivity contribution in [3.8, 4) is 0 Å². The molecule has 3 rings (SSSR count). The summed E-state index contributed by atoms with van der Waals surface area (Å²) in [7, 11) is 1.85. The first-order valence-electron chi connectivity index (χ1n) is 5.98. The van der Waals surface area contributed by atoms with Crippen molar-refractivity contribution in [1.29, 1.82) is 0 Å². The van der Waals surface area contributed by atoms with Gasteiger partial charge in [-0.1, -0.05) is 0 Å². The van der Waals surface area contributed by atoms with E-state index in [0.29, 0.717) is 18.8 Å². The zero-order chi connectivity index (χ0) is 13.2. The second-order valence-corrected chi connectivity index (χ2v) is 4.61. The van der Waals surface area contributed by atoms with E-state index in [1.807, 2.05) is 23.7 Å². The van der Waals surface area contributed by atoms with Crippen molar-refractivity contribution in [3.63, 3.8) is 0 Å². The first kappa shape index (κ1) is 12.1. The third-order valence-corrected chi connectivity index (χ3v) is 3.04. The number of hydrogen-bond acceptors (Lipinski definition) is 4. The van der Waals surface area contributed by atoms with E-state index in [0.717, 1.165) is 22.8 Å². The van der Waals surface area contributed by atoms with Crippen molar-refractivity contribution in [3.05, 3.63) is 36.3 Å². The Morgan fingerprint density at radius 1 is 1.32 bits per heavy atom. The number of pyridine rings is 1. The van der Waals surface area contributed by atoms with Gasteiger partial charge in [0.1, 0.15) is 17.7 Å². The summed E-state index contributed by atoms with van der Waals surface area (Å²) in [5.41, 5.74) is 1.72. The fourth-order valence-corrected chi connectivity index (χ4v) is 2.21. The predicted octanol–water partition coefficient (Wildman–Crippen LogP) is 1.39. The second kappa shape index (κ2) is 4.97. The van der Waals surface area contributed by atoms with Crippen molar-refractivity contribution in [2.24, 2.45) is 7.05 Å². The molecule has 0 aliphatic heterocycles. The Kier molecular flexibility index (Phi) is 3.16. The van der Waals surface area contributed by atoms with Crippen LogP contribution in [-0.2, 0) is 20.0 Å². The summed E-state index contributed by atoms with van der Waals surface area (Å²) < 4.78 is 3.70.